The highest BCUT2D eigenvalue weighted by molar-refractivity contribution is 8.00. The lowest BCUT2D eigenvalue weighted by atomic mass is 9.86. The lowest BCUT2D eigenvalue weighted by Crippen LogP contribution is -2.32. The molecule has 1 aliphatic rings. The predicted octanol–water partition coefficient (Wildman–Crippen LogP) is 8.95. The van der Waals surface area contributed by atoms with Crippen molar-refractivity contribution < 1.29 is 8.96 Å². The molecule has 0 saturated heterocycles. The van der Waals surface area contributed by atoms with Crippen molar-refractivity contribution in [2.75, 3.05) is 0 Å². The molecule has 0 saturated carbocycles. The van der Waals surface area contributed by atoms with Gasteiger partial charge in [0, 0.05) is 21.2 Å². The topological polar surface area (TPSA) is 3.88 Å². The molecule has 0 radical (unpaired) electrons. The molecule has 1 aliphatic heterocycles. The Morgan fingerprint density at radius 1 is 0.833 bits per heavy atom. The molecule has 3 heteroatoms. The molecule has 6 rings (SSSR count). The van der Waals surface area contributed by atoms with Crippen molar-refractivity contribution in [2.45, 2.75) is 57.3 Å². The second-order valence-electron chi connectivity index (χ2n) is 11.3. The average molecular weight is 495 g/mol. The van der Waals surface area contributed by atoms with Gasteiger partial charge in [-0.15, -0.1) is 0 Å². The summed E-state index contributed by atoms with van der Waals surface area (Å²) in [5.41, 5.74) is 6.81. The van der Waals surface area contributed by atoms with Crippen LogP contribution in [-0.2, 0) is 19.9 Å². The van der Waals surface area contributed by atoms with Gasteiger partial charge in [-0.05, 0) is 88.0 Å². The van der Waals surface area contributed by atoms with Crippen LogP contribution in [0.4, 0.5) is 4.39 Å². The highest BCUT2D eigenvalue weighted by Crippen LogP contribution is 2.53. The van der Waals surface area contributed by atoms with Crippen molar-refractivity contribution in [3.63, 3.8) is 0 Å². The summed E-state index contributed by atoms with van der Waals surface area (Å²) in [5, 5.41) is 7.21. The molecular formula is C33H33FNS+. The summed E-state index contributed by atoms with van der Waals surface area (Å²) in [6.07, 6.45) is 4.28. The number of pyridine rings is 1. The normalized spacial score (nSPS) is 12.9. The summed E-state index contributed by atoms with van der Waals surface area (Å²) < 4.78 is 16.6. The number of benzene rings is 4. The first-order valence-corrected chi connectivity index (χ1v) is 13.9. The third-order valence-electron chi connectivity index (χ3n) is 7.56. The van der Waals surface area contributed by atoms with Gasteiger partial charge in [-0.3, -0.25) is 0 Å². The van der Waals surface area contributed by atoms with Crippen LogP contribution in [0.3, 0.4) is 0 Å². The highest BCUT2D eigenvalue weighted by Gasteiger charge is 2.32. The molecule has 182 valence electrons. The van der Waals surface area contributed by atoms with Crippen LogP contribution in [0.25, 0.3) is 43.6 Å². The van der Waals surface area contributed by atoms with E-state index in [1.807, 2.05) is 17.8 Å². The van der Waals surface area contributed by atoms with E-state index in [0.29, 0.717) is 11.8 Å². The zero-order valence-electron chi connectivity index (χ0n) is 22.0. The van der Waals surface area contributed by atoms with Gasteiger partial charge in [0.15, 0.2) is 6.20 Å². The molecule has 2 heterocycles. The molecule has 4 aromatic carbocycles. The number of rotatable bonds is 4. The van der Waals surface area contributed by atoms with Crippen LogP contribution in [0.1, 0.15) is 44.4 Å². The monoisotopic (exact) mass is 494 g/mol. The van der Waals surface area contributed by atoms with Gasteiger partial charge < -0.3 is 0 Å². The Morgan fingerprint density at radius 3 is 2.36 bits per heavy atom. The molecule has 0 fully saturated rings. The van der Waals surface area contributed by atoms with E-state index in [-0.39, 0.29) is 5.82 Å². The van der Waals surface area contributed by atoms with Gasteiger partial charge in [-0.1, -0.05) is 63.7 Å². The van der Waals surface area contributed by atoms with Crippen LogP contribution in [0.15, 0.2) is 64.5 Å². The SMILES string of the molecule is Cc1c2c(c(CC(C)C)c3ccc(CC(C)C)cc13)Sc1cc3ccc(F)cc3c3cc[n+](C)c-2c13. The summed E-state index contributed by atoms with van der Waals surface area (Å²) in [7, 11) is 2.15. The molecule has 36 heavy (non-hydrogen) atoms. The first kappa shape index (κ1) is 23.5. The Hall–Kier alpha value is -2.91. The van der Waals surface area contributed by atoms with Crippen LogP contribution in [-0.4, -0.2) is 0 Å². The molecule has 1 aromatic heterocycles. The molecule has 0 aliphatic carbocycles. The minimum absolute atomic E-state index is 0.185. The Morgan fingerprint density at radius 2 is 1.61 bits per heavy atom. The quantitative estimate of drug-likeness (QED) is 0.175. The summed E-state index contributed by atoms with van der Waals surface area (Å²) in [4.78, 5) is 2.66. The first-order valence-electron chi connectivity index (χ1n) is 13.0. The molecule has 0 unspecified atom stereocenters. The van der Waals surface area contributed by atoms with E-state index in [2.05, 4.69) is 82.8 Å². The highest BCUT2D eigenvalue weighted by atomic mass is 32.2. The second-order valence-corrected chi connectivity index (χ2v) is 12.3. The number of aromatic nitrogens is 1. The summed E-state index contributed by atoms with van der Waals surface area (Å²) in [5.74, 6) is 0.996. The smallest absolute Gasteiger partial charge is 0.207 e. The molecule has 0 bridgehead atoms. The second kappa shape index (κ2) is 8.59. The first-order chi connectivity index (χ1) is 17.2. The summed E-state index contributed by atoms with van der Waals surface area (Å²) >= 11 is 1.91. The third-order valence-corrected chi connectivity index (χ3v) is 8.75. The van der Waals surface area contributed by atoms with Crippen molar-refractivity contribution in [3.05, 3.63) is 77.2 Å². The minimum Gasteiger partial charge on any atom is -0.207 e. The Kier molecular flexibility index (Phi) is 5.60. The number of nitrogens with zero attached hydrogens (tertiary/aromatic N) is 1. The molecule has 0 atom stereocenters. The van der Waals surface area contributed by atoms with Crippen molar-refractivity contribution in [2.24, 2.45) is 18.9 Å². The van der Waals surface area contributed by atoms with E-state index in [1.54, 1.807) is 12.1 Å². The van der Waals surface area contributed by atoms with Crippen molar-refractivity contribution in [1.29, 1.82) is 0 Å². The lowest BCUT2D eigenvalue weighted by molar-refractivity contribution is -0.659. The zero-order valence-corrected chi connectivity index (χ0v) is 22.8. The Bertz CT molecular complexity index is 1700. The van der Waals surface area contributed by atoms with Crippen LogP contribution in [0.5, 0.6) is 0 Å². The Balaban J connectivity index is 1.76. The van der Waals surface area contributed by atoms with E-state index < -0.39 is 0 Å². The third kappa shape index (κ3) is 3.63. The predicted molar refractivity (Wildman–Crippen MR) is 151 cm³/mol. The average Bonchev–Trinajstić information content (AvgIpc) is 2.82. The molecular weight excluding hydrogens is 461 g/mol. The number of fused-ring (bicyclic) bond motifs is 5. The number of hydrogen-bond acceptors (Lipinski definition) is 1. The van der Waals surface area contributed by atoms with Crippen LogP contribution < -0.4 is 4.57 Å². The number of aryl methyl sites for hydroxylation is 2. The fourth-order valence-electron chi connectivity index (χ4n) is 6.06. The molecule has 5 aromatic rings. The van der Waals surface area contributed by atoms with Gasteiger partial charge in [0.1, 0.15) is 12.9 Å². The van der Waals surface area contributed by atoms with E-state index in [4.69, 9.17) is 0 Å². The largest absolute Gasteiger partial charge is 0.222 e. The number of hydrogen-bond donors (Lipinski definition) is 0. The van der Waals surface area contributed by atoms with Gasteiger partial charge in [0.05, 0.1) is 10.9 Å². The van der Waals surface area contributed by atoms with Crippen LogP contribution in [0.2, 0.25) is 0 Å². The van der Waals surface area contributed by atoms with E-state index in [9.17, 15) is 4.39 Å². The van der Waals surface area contributed by atoms with Gasteiger partial charge in [-0.25, -0.2) is 8.96 Å². The van der Waals surface area contributed by atoms with Crippen molar-refractivity contribution in [1.82, 2.24) is 0 Å². The van der Waals surface area contributed by atoms with Gasteiger partial charge in [0.2, 0.25) is 5.69 Å². The maximum Gasteiger partial charge on any atom is 0.222 e. The zero-order chi connectivity index (χ0) is 25.3. The van der Waals surface area contributed by atoms with Gasteiger partial charge in [0.25, 0.3) is 0 Å². The molecule has 0 amide bonds. The van der Waals surface area contributed by atoms with Gasteiger partial charge in [-0.2, -0.15) is 0 Å². The number of halogens is 1. The molecule has 0 N–H and O–H groups in total. The van der Waals surface area contributed by atoms with Crippen molar-refractivity contribution >= 4 is 44.1 Å². The summed E-state index contributed by atoms with van der Waals surface area (Å²) in [6.45, 7) is 11.5. The van der Waals surface area contributed by atoms with Crippen molar-refractivity contribution in [3.8, 4) is 11.3 Å². The fraction of sp³-hybridized carbons (Fsp3) is 0.303. The van der Waals surface area contributed by atoms with E-state index in [1.165, 1.54) is 53.9 Å². The minimum atomic E-state index is -0.185. The maximum atomic E-state index is 14.3. The van der Waals surface area contributed by atoms with Crippen LogP contribution >= 0.6 is 11.8 Å². The van der Waals surface area contributed by atoms with E-state index in [0.717, 1.165) is 29.0 Å². The molecule has 0 spiro atoms. The summed E-state index contributed by atoms with van der Waals surface area (Å²) in [6, 6.07) is 16.7. The standard InChI is InChI=1S/C33H33FNS/c1-18(2)13-21-7-10-24-26(15-21)20(5)30-32-31-25(11-12-35(32)6)27-17-23(34)9-8-22(27)16-29(31)36-33(30)28(24)14-19(3)4/h7-12,15-19H,13-14H2,1-6H3/q+1. The fourth-order valence-corrected chi connectivity index (χ4v) is 7.45. The van der Waals surface area contributed by atoms with Gasteiger partial charge >= 0.3 is 0 Å². The molecule has 1 nitrogen and oxygen atoms in total. The Labute approximate surface area is 217 Å². The lowest BCUT2D eigenvalue weighted by Gasteiger charge is -2.26. The van der Waals surface area contributed by atoms with E-state index >= 15 is 0 Å². The van der Waals surface area contributed by atoms with Crippen LogP contribution in [0, 0.1) is 24.6 Å². The maximum absolute atomic E-state index is 14.3.